The van der Waals surface area contributed by atoms with Gasteiger partial charge in [-0.25, -0.2) is 12.8 Å². The van der Waals surface area contributed by atoms with Crippen LogP contribution < -0.4 is 0 Å². The Balaban J connectivity index is 1.39. The standard InChI is InChI=1S/C32H30Cl2FNO5S2/c33-26-2-1-3-27(34)29(26)42-23-11-14-25-21(18-23)8-15-28-32(25,43(40,41)24-12-9-22(35)10-13-24)16-17-36(28)30(37)19-4-6-20(7-5-19)31(38)39/h1-3,9-14,18-20,28H,4-8,15-17H2,(H,38,39)/t19-,20-,28-,32-/m1/s1. The molecule has 0 bridgehead atoms. The Morgan fingerprint density at radius 2 is 1.58 bits per heavy atom. The van der Waals surface area contributed by atoms with Gasteiger partial charge in [0, 0.05) is 22.3 Å². The van der Waals surface area contributed by atoms with Crippen LogP contribution >= 0.6 is 35.0 Å². The summed E-state index contributed by atoms with van der Waals surface area (Å²) in [5, 5.41) is 10.4. The summed E-state index contributed by atoms with van der Waals surface area (Å²) in [6.45, 7) is 0.272. The number of carbonyl (C=O) groups is 2. The van der Waals surface area contributed by atoms with Gasteiger partial charge in [0.25, 0.3) is 0 Å². The van der Waals surface area contributed by atoms with Crippen molar-refractivity contribution >= 4 is 56.7 Å². The summed E-state index contributed by atoms with van der Waals surface area (Å²) < 4.78 is 41.7. The highest BCUT2D eigenvalue weighted by Gasteiger charge is 2.61. The molecule has 3 aromatic carbocycles. The second-order valence-electron chi connectivity index (χ2n) is 11.5. The number of fused-ring (bicyclic) bond motifs is 3. The zero-order chi connectivity index (χ0) is 30.5. The van der Waals surface area contributed by atoms with Crippen LogP contribution in [0.5, 0.6) is 0 Å². The van der Waals surface area contributed by atoms with Crippen molar-refractivity contribution in [3.05, 3.63) is 87.7 Å². The van der Waals surface area contributed by atoms with E-state index in [1.54, 1.807) is 23.1 Å². The van der Waals surface area contributed by atoms with Gasteiger partial charge in [-0.1, -0.05) is 47.1 Å². The highest BCUT2D eigenvalue weighted by atomic mass is 35.5. The van der Waals surface area contributed by atoms with Crippen LogP contribution in [0.2, 0.25) is 10.0 Å². The van der Waals surface area contributed by atoms with Crippen molar-refractivity contribution in [1.29, 1.82) is 0 Å². The van der Waals surface area contributed by atoms with E-state index in [1.165, 1.54) is 23.9 Å². The Hall–Kier alpha value is -2.59. The monoisotopic (exact) mass is 661 g/mol. The normalized spacial score (nSPS) is 25.2. The molecule has 2 aliphatic carbocycles. The molecule has 1 saturated heterocycles. The van der Waals surface area contributed by atoms with Gasteiger partial charge in [0.1, 0.15) is 10.6 Å². The van der Waals surface area contributed by atoms with Crippen molar-refractivity contribution in [3.8, 4) is 0 Å². The Morgan fingerprint density at radius 3 is 2.23 bits per heavy atom. The number of likely N-dealkylation sites (tertiary alicyclic amines) is 1. The Morgan fingerprint density at radius 1 is 0.930 bits per heavy atom. The van der Waals surface area contributed by atoms with Crippen LogP contribution in [-0.4, -0.2) is 42.9 Å². The van der Waals surface area contributed by atoms with Gasteiger partial charge < -0.3 is 10.0 Å². The van der Waals surface area contributed by atoms with E-state index in [4.69, 9.17) is 23.2 Å². The van der Waals surface area contributed by atoms with Gasteiger partial charge >= 0.3 is 5.97 Å². The first-order valence-corrected chi connectivity index (χ1v) is 17.4. The zero-order valence-electron chi connectivity index (χ0n) is 23.1. The molecule has 1 aliphatic heterocycles. The van der Waals surface area contributed by atoms with E-state index in [0.717, 1.165) is 22.6 Å². The first-order chi connectivity index (χ1) is 20.5. The number of benzene rings is 3. The SMILES string of the molecule is O=C(O)[C@H]1CC[C@H](C(=O)N2CC[C@@]3(S(=O)(=O)c4ccc(F)cc4)c4ccc(Sc5c(Cl)cccc5Cl)cc4CC[C@@H]23)CC1. The van der Waals surface area contributed by atoms with Gasteiger partial charge in [0.2, 0.25) is 5.91 Å². The lowest BCUT2D eigenvalue weighted by atomic mass is 9.78. The van der Waals surface area contributed by atoms with Crippen LogP contribution in [-0.2, 0) is 30.6 Å². The fourth-order valence-corrected chi connectivity index (χ4v) is 11.1. The van der Waals surface area contributed by atoms with E-state index in [2.05, 4.69) is 0 Å². The van der Waals surface area contributed by atoms with Gasteiger partial charge in [-0.15, -0.1) is 0 Å². The maximum Gasteiger partial charge on any atom is 0.306 e. The number of carboxylic acid groups (broad SMARTS) is 1. The lowest BCUT2D eigenvalue weighted by Crippen LogP contribution is -2.53. The highest BCUT2D eigenvalue weighted by molar-refractivity contribution is 7.99. The van der Waals surface area contributed by atoms with Gasteiger partial charge in [0.05, 0.1) is 26.9 Å². The van der Waals surface area contributed by atoms with E-state index >= 15 is 0 Å². The first-order valence-electron chi connectivity index (χ1n) is 14.3. The molecule has 226 valence electrons. The lowest BCUT2D eigenvalue weighted by molar-refractivity contribution is -0.146. The lowest BCUT2D eigenvalue weighted by Gasteiger charge is -2.43. The molecular formula is C32H30Cl2FNO5S2. The molecule has 0 radical (unpaired) electrons. The van der Waals surface area contributed by atoms with Crippen molar-refractivity contribution in [2.75, 3.05) is 6.54 Å². The quantitative estimate of drug-likeness (QED) is 0.277. The number of amides is 1. The van der Waals surface area contributed by atoms with Crippen LogP contribution in [0.4, 0.5) is 4.39 Å². The molecule has 6 rings (SSSR count). The molecular weight excluding hydrogens is 632 g/mol. The third-order valence-corrected chi connectivity index (χ3v) is 13.8. The van der Waals surface area contributed by atoms with Gasteiger partial charge in [-0.3, -0.25) is 9.59 Å². The fraction of sp³-hybridized carbons (Fsp3) is 0.375. The van der Waals surface area contributed by atoms with Gasteiger partial charge in [-0.05, 0) is 105 Å². The molecule has 1 saturated carbocycles. The predicted octanol–water partition coefficient (Wildman–Crippen LogP) is 7.39. The summed E-state index contributed by atoms with van der Waals surface area (Å²) in [6, 6.07) is 15.3. The van der Waals surface area contributed by atoms with E-state index < -0.39 is 38.3 Å². The number of carbonyl (C=O) groups excluding carboxylic acids is 1. The average Bonchev–Trinajstić information content (AvgIpc) is 3.40. The molecule has 1 amide bonds. The third kappa shape index (κ3) is 5.26. The van der Waals surface area contributed by atoms with E-state index in [-0.39, 0.29) is 29.7 Å². The van der Waals surface area contributed by atoms with E-state index in [0.29, 0.717) is 59.0 Å². The Bertz CT molecular complexity index is 1670. The maximum atomic E-state index is 14.6. The largest absolute Gasteiger partial charge is 0.481 e. The molecule has 0 spiro atoms. The molecule has 43 heavy (non-hydrogen) atoms. The number of carboxylic acids is 1. The van der Waals surface area contributed by atoms with Crippen LogP contribution in [0.15, 0.2) is 75.4 Å². The van der Waals surface area contributed by atoms with Gasteiger partial charge in [-0.2, -0.15) is 0 Å². The number of hydrogen-bond acceptors (Lipinski definition) is 5. The van der Waals surface area contributed by atoms with Crippen molar-refractivity contribution < 1.29 is 27.5 Å². The minimum absolute atomic E-state index is 0.0179. The topological polar surface area (TPSA) is 91.8 Å². The molecule has 1 heterocycles. The summed E-state index contributed by atoms with van der Waals surface area (Å²) in [4.78, 5) is 28.7. The molecule has 3 aliphatic rings. The number of hydrogen-bond donors (Lipinski definition) is 1. The average molecular weight is 663 g/mol. The summed E-state index contributed by atoms with van der Waals surface area (Å²) in [7, 11) is -4.08. The summed E-state index contributed by atoms with van der Waals surface area (Å²) in [5.74, 6) is -2.25. The van der Waals surface area contributed by atoms with Crippen LogP contribution in [0.3, 0.4) is 0 Å². The summed E-state index contributed by atoms with van der Waals surface area (Å²) in [6.07, 6.45) is 3.04. The van der Waals surface area contributed by atoms with Crippen molar-refractivity contribution in [2.45, 2.75) is 70.4 Å². The van der Waals surface area contributed by atoms with E-state index in [1.807, 2.05) is 18.2 Å². The summed E-state index contributed by atoms with van der Waals surface area (Å²) >= 11 is 14.2. The number of aliphatic carboxylic acids is 1. The molecule has 6 nitrogen and oxygen atoms in total. The van der Waals surface area contributed by atoms with E-state index in [9.17, 15) is 27.5 Å². The molecule has 11 heteroatoms. The van der Waals surface area contributed by atoms with Crippen molar-refractivity contribution in [1.82, 2.24) is 4.90 Å². The molecule has 2 atom stereocenters. The molecule has 0 aromatic heterocycles. The minimum Gasteiger partial charge on any atom is -0.481 e. The van der Waals surface area contributed by atoms with Crippen LogP contribution in [0.25, 0.3) is 0 Å². The third-order valence-electron chi connectivity index (χ3n) is 9.31. The van der Waals surface area contributed by atoms with Crippen LogP contribution in [0, 0.1) is 17.7 Å². The summed E-state index contributed by atoms with van der Waals surface area (Å²) in [5.41, 5.74) is 1.54. The smallest absolute Gasteiger partial charge is 0.306 e. The number of sulfone groups is 1. The molecule has 1 N–H and O–H groups in total. The second-order valence-corrected chi connectivity index (χ2v) is 15.6. The highest BCUT2D eigenvalue weighted by Crippen LogP contribution is 2.54. The van der Waals surface area contributed by atoms with Crippen molar-refractivity contribution in [2.24, 2.45) is 11.8 Å². The molecule has 3 aromatic rings. The number of nitrogens with zero attached hydrogens (tertiary/aromatic N) is 1. The molecule has 2 fully saturated rings. The number of aryl methyl sites for hydroxylation is 1. The van der Waals surface area contributed by atoms with Crippen molar-refractivity contribution in [3.63, 3.8) is 0 Å². The number of halogens is 3. The number of rotatable bonds is 6. The fourth-order valence-electron chi connectivity index (χ4n) is 7.18. The zero-order valence-corrected chi connectivity index (χ0v) is 26.3. The second kappa shape index (κ2) is 11.7. The van der Waals surface area contributed by atoms with Gasteiger partial charge in [0.15, 0.2) is 9.84 Å². The Kier molecular flexibility index (Phi) is 8.30. The minimum atomic E-state index is -4.08. The maximum absolute atomic E-state index is 14.6. The first kappa shape index (κ1) is 30.4. The Labute approximate surface area is 264 Å². The van der Waals surface area contributed by atoms with Crippen LogP contribution in [0.1, 0.15) is 49.7 Å². The predicted molar refractivity (Wildman–Crippen MR) is 164 cm³/mol. The molecule has 0 unspecified atom stereocenters.